The molecule has 0 saturated carbocycles. The van der Waals surface area contributed by atoms with Crippen molar-refractivity contribution in [3.63, 3.8) is 0 Å². The van der Waals surface area contributed by atoms with Crippen LogP contribution < -0.4 is 9.04 Å². The van der Waals surface area contributed by atoms with Crippen molar-refractivity contribution in [3.8, 4) is 11.5 Å². The number of aromatic hydroxyl groups is 1. The van der Waals surface area contributed by atoms with Crippen LogP contribution in [0.2, 0.25) is 0 Å². The molecule has 0 saturated heterocycles. The highest BCUT2D eigenvalue weighted by atomic mass is 32.2. The third-order valence-electron chi connectivity index (χ3n) is 4.38. The number of phenols is 1. The van der Waals surface area contributed by atoms with E-state index >= 15 is 0 Å². The molecular weight excluding hydrogens is 463 g/mol. The van der Waals surface area contributed by atoms with Crippen LogP contribution in [0, 0.1) is 0 Å². The molecule has 0 unspecified atom stereocenters. The van der Waals surface area contributed by atoms with Gasteiger partial charge in [0.25, 0.3) is 0 Å². The van der Waals surface area contributed by atoms with Crippen LogP contribution >= 0.6 is 0 Å². The number of sulfonamides is 1. The van der Waals surface area contributed by atoms with Gasteiger partial charge < -0.3 is 14.6 Å². The molecule has 0 amide bonds. The Morgan fingerprint density at radius 1 is 1.06 bits per heavy atom. The van der Waals surface area contributed by atoms with Gasteiger partial charge in [0.2, 0.25) is 10.0 Å². The minimum Gasteiger partial charge on any atom is -0.506 e. The Morgan fingerprint density at radius 2 is 1.64 bits per heavy atom. The summed E-state index contributed by atoms with van der Waals surface area (Å²) < 4.78 is 75.3. The lowest BCUT2D eigenvalue weighted by atomic mass is 10.0. The van der Waals surface area contributed by atoms with Crippen LogP contribution in [-0.2, 0) is 27.5 Å². The molecule has 0 aliphatic rings. The van der Waals surface area contributed by atoms with E-state index in [4.69, 9.17) is 9.47 Å². The Morgan fingerprint density at radius 3 is 2.09 bits per heavy atom. The second-order valence-corrected chi connectivity index (χ2v) is 10.1. The van der Waals surface area contributed by atoms with E-state index < -0.39 is 44.6 Å². The van der Waals surface area contributed by atoms with Crippen molar-refractivity contribution >= 4 is 21.7 Å². The van der Waals surface area contributed by atoms with Crippen molar-refractivity contribution in [2.24, 2.45) is 0 Å². The van der Waals surface area contributed by atoms with Gasteiger partial charge in [-0.25, -0.2) is 13.2 Å². The normalized spacial score (nSPS) is 12.4. The van der Waals surface area contributed by atoms with Crippen molar-refractivity contribution in [2.75, 3.05) is 17.1 Å². The number of hydrogen-bond acceptors (Lipinski definition) is 6. The summed E-state index contributed by atoms with van der Waals surface area (Å²) in [5, 5.41) is 10.2. The molecule has 0 bridgehead atoms. The number of anilines is 1. The SMILES string of the molecule is CCN(c1ccc(OCc2ccc(C(F)(F)F)c(O)c2C(=O)OC(C)(C)C)cc1)S(C)(=O)=O. The van der Waals surface area contributed by atoms with E-state index in [2.05, 4.69) is 0 Å². The molecule has 1 N–H and O–H groups in total. The first-order valence-electron chi connectivity index (χ1n) is 9.90. The molecule has 2 aromatic carbocycles. The first kappa shape index (κ1) is 26.3. The minimum absolute atomic E-state index is 0.00912. The van der Waals surface area contributed by atoms with Crippen LogP contribution in [0.15, 0.2) is 36.4 Å². The molecule has 182 valence electrons. The van der Waals surface area contributed by atoms with E-state index in [-0.39, 0.29) is 24.5 Å². The zero-order valence-corrected chi connectivity index (χ0v) is 19.7. The summed E-state index contributed by atoms with van der Waals surface area (Å²) in [6.45, 7) is 6.20. The molecule has 0 aliphatic carbocycles. The van der Waals surface area contributed by atoms with E-state index in [1.54, 1.807) is 27.7 Å². The maximum atomic E-state index is 13.2. The van der Waals surface area contributed by atoms with Crippen LogP contribution in [0.25, 0.3) is 0 Å². The third-order valence-corrected chi connectivity index (χ3v) is 5.65. The van der Waals surface area contributed by atoms with Gasteiger partial charge in [-0.15, -0.1) is 0 Å². The van der Waals surface area contributed by atoms with Crippen molar-refractivity contribution in [3.05, 3.63) is 53.1 Å². The molecule has 2 rings (SSSR count). The second kappa shape index (κ2) is 9.50. The van der Waals surface area contributed by atoms with Crippen LogP contribution in [-0.4, -0.2) is 37.9 Å². The molecule has 0 spiro atoms. The van der Waals surface area contributed by atoms with Gasteiger partial charge in [-0.3, -0.25) is 4.31 Å². The van der Waals surface area contributed by atoms with E-state index in [1.807, 2.05) is 0 Å². The zero-order valence-electron chi connectivity index (χ0n) is 18.9. The standard InChI is InChI=1S/C22H26F3NO6S/c1-6-26(33(5,29)30)15-8-10-16(11-9-15)31-13-14-7-12-17(22(23,24)25)19(27)18(14)20(28)32-21(2,3)4/h7-12,27H,6,13H2,1-5H3. The maximum Gasteiger partial charge on any atom is 0.419 e. The average molecular weight is 490 g/mol. The molecule has 0 atom stereocenters. The van der Waals surface area contributed by atoms with Gasteiger partial charge in [-0.1, -0.05) is 6.07 Å². The number of esters is 1. The van der Waals surface area contributed by atoms with Gasteiger partial charge in [0.15, 0.2) is 0 Å². The third kappa shape index (κ3) is 6.77. The molecule has 0 aliphatic heterocycles. The lowest BCUT2D eigenvalue weighted by molar-refractivity contribution is -0.138. The van der Waals surface area contributed by atoms with Gasteiger partial charge in [-0.05, 0) is 58.0 Å². The van der Waals surface area contributed by atoms with Crippen LogP contribution in [0.5, 0.6) is 11.5 Å². The number of benzene rings is 2. The van der Waals surface area contributed by atoms with E-state index in [0.717, 1.165) is 12.3 Å². The fourth-order valence-corrected chi connectivity index (χ4v) is 3.99. The molecule has 0 fully saturated rings. The Hall–Kier alpha value is -2.95. The topological polar surface area (TPSA) is 93.1 Å². The van der Waals surface area contributed by atoms with Crippen LogP contribution in [0.4, 0.5) is 18.9 Å². The average Bonchev–Trinajstić information content (AvgIpc) is 2.64. The predicted octanol–water partition coefficient (Wildman–Crippen LogP) is 4.73. The molecule has 0 radical (unpaired) electrons. The number of carbonyl (C=O) groups is 1. The van der Waals surface area contributed by atoms with Gasteiger partial charge in [-0.2, -0.15) is 13.2 Å². The molecule has 2 aromatic rings. The first-order chi connectivity index (χ1) is 15.0. The smallest absolute Gasteiger partial charge is 0.419 e. The largest absolute Gasteiger partial charge is 0.506 e. The summed E-state index contributed by atoms with van der Waals surface area (Å²) in [4.78, 5) is 12.6. The number of hydrogen-bond donors (Lipinski definition) is 1. The Bertz CT molecular complexity index is 1110. The number of halogens is 3. The summed E-state index contributed by atoms with van der Waals surface area (Å²) in [5.74, 6) is -2.08. The van der Waals surface area contributed by atoms with Crippen molar-refractivity contribution < 1.29 is 41.0 Å². The number of ether oxygens (including phenoxy) is 2. The Kier molecular flexibility index (Phi) is 7.57. The summed E-state index contributed by atoms with van der Waals surface area (Å²) >= 11 is 0. The molecule has 7 nitrogen and oxygen atoms in total. The summed E-state index contributed by atoms with van der Waals surface area (Å²) in [5.41, 5.74) is -2.60. The van der Waals surface area contributed by atoms with Gasteiger partial charge >= 0.3 is 12.1 Å². The monoisotopic (exact) mass is 489 g/mol. The van der Waals surface area contributed by atoms with Crippen molar-refractivity contribution in [1.29, 1.82) is 0 Å². The quantitative estimate of drug-likeness (QED) is 0.565. The second-order valence-electron chi connectivity index (χ2n) is 8.21. The van der Waals surface area contributed by atoms with E-state index in [0.29, 0.717) is 11.8 Å². The van der Waals surface area contributed by atoms with E-state index in [9.17, 15) is 31.5 Å². The van der Waals surface area contributed by atoms with Crippen LogP contribution in [0.3, 0.4) is 0 Å². The Balaban J connectivity index is 2.35. The van der Waals surface area contributed by atoms with Gasteiger partial charge in [0.1, 0.15) is 29.3 Å². The van der Waals surface area contributed by atoms with E-state index in [1.165, 1.54) is 28.6 Å². The number of phenolic OH excluding ortho intramolecular Hbond substituents is 1. The fourth-order valence-electron chi connectivity index (χ4n) is 3.02. The van der Waals surface area contributed by atoms with Gasteiger partial charge in [0.05, 0.1) is 17.5 Å². The molecule has 33 heavy (non-hydrogen) atoms. The number of rotatable bonds is 7. The Labute approximate surface area is 190 Å². The fraction of sp³-hybridized carbons (Fsp3) is 0.409. The predicted molar refractivity (Wildman–Crippen MR) is 117 cm³/mol. The van der Waals surface area contributed by atoms with Gasteiger partial charge in [0, 0.05) is 12.1 Å². The number of alkyl halides is 3. The number of nitrogens with zero attached hydrogens (tertiary/aromatic N) is 1. The number of carbonyl (C=O) groups excluding carboxylic acids is 1. The maximum absolute atomic E-state index is 13.2. The zero-order chi connectivity index (χ0) is 25.2. The molecule has 0 heterocycles. The highest BCUT2D eigenvalue weighted by Crippen LogP contribution is 2.39. The highest BCUT2D eigenvalue weighted by Gasteiger charge is 2.37. The molecule has 11 heteroatoms. The summed E-state index contributed by atoms with van der Waals surface area (Å²) in [6.07, 6.45) is -3.79. The van der Waals surface area contributed by atoms with Crippen molar-refractivity contribution in [1.82, 2.24) is 0 Å². The lowest BCUT2D eigenvalue weighted by Crippen LogP contribution is -2.29. The summed E-state index contributed by atoms with van der Waals surface area (Å²) in [7, 11) is -3.47. The summed E-state index contributed by atoms with van der Waals surface area (Å²) in [6, 6.07) is 7.70. The molecular formula is C22H26F3NO6S. The van der Waals surface area contributed by atoms with Crippen molar-refractivity contribution in [2.45, 2.75) is 46.1 Å². The minimum atomic E-state index is -4.87. The highest BCUT2D eigenvalue weighted by molar-refractivity contribution is 7.92. The van der Waals surface area contributed by atoms with Crippen LogP contribution in [0.1, 0.15) is 49.2 Å². The molecule has 0 aromatic heterocycles. The first-order valence-corrected chi connectivity index (χ1v) is 11.8. The lowest BCUT2D eigenvalue weighted by Gasteiger charge is -2.22.